The summed E-state index contributed by atoms with van der Waals surface area (Å²) >= 11 is 6.34. The number of hydrogen-bond acceptors (Lipinski definition) is 3. The molecule has 0 aliphatic carbocycles. The molecule has 5 heteroatoms. The van der Waals surface area contributed by atoms with Gasteiger partial charge in [-0.3, -0.25) is 0 Å². The molecule has 2 aromatic carbocycles. The van der Waals surface area contributed by atoms with Gasteiger partial charge >= 0.3 is 0 Å². The van der Waals surface area contributed by atoms with Crippen molar-refractivity contribution in [2.24, 2.45) is 0 Å². The topological polar surface area (TPSA) is 36.3 Å². The van der Waals surface area contributed by atoms with E-state index < -0.39 is 0 Å². The van der Waals surface area contributed by atoms with Gasteiger partial charge in [0, 0.05) is 18.5 Å². The van der Waals surface area contributed by atoms with Crippen LogP contribution in [0.4, 0.5) is 0 Å². The van der Waals surface area contributed by atoms with Gasteiger partial charge in [0.15, 0.2) is 0 Å². The van der Waals surface area contributed by atoms with E-state index in [-0.39, 0.29) is 6.10 Å². The number of hydrogen-bond donors (Lipinski definition) is 0. The molecule has 0 aliphatic heterocycles. The summed E-state index contributed by atoms with van der Waals surface area (Å²) in [6, 6.07) is 14.1. The number of aromatic nitrogens is 2. The number of aryl methyl sites for hydroxylation is 2. The molecule has 4 nitrogen and oxygen atoms in total. The molecular formula is C21H23ClN2O2. The van der Waals surface area contributed by atoms with Crippen molar-refractivity contribution >= 4 is 11.6 Å². The van der Waals surface area contributed by atoms with E-state index in [9.17, 15) is 0 Å². The summed E-state index contributed by atoms with van der Waals surface area (Å²) in [6.07, 6.45) is 7.32. The Hall–Kier alpha value is -2.46. The Labute approximate surface area is 159 Å². The van der Waals surface area contributed by atoms with Crippen molar-refractivity contribution in [2.45, 2.75) is 32.4 Å². The van der Waals surface area contributed by atoms with Crippen LogP contribution in [0.15, 0.2) is 61.2 Å². The third-order valence-corrected chi connectivity index (χ3v) is 4.58. The highest BCUT2D eigenvalue weighted by molar-refractivity contribution is 6.32. The van der Waals surface area contributed by atoms with Gasteiger partial charge in [-0.2, -0.15) is 0 Å². The van der Waals surface area contributed by atoms with Crippen LogP contribution in [-0.2, 0) is 13.0 Å². The molecule has 0 saturated heterocycles. The molecule has 3 aromatic rings. The van der Waals surface area contributed by atoms with Crippen molar-refractivity contribution in [1.29, 1.82) is 0 Å². The first-order valence-corrected chi connectivity index (χ1v) is 9.03. The fourth-order valence-corrected chi connectivity index (χ4v) is 3.00. The molecule has 1 aromatic heterocycles. The van der Waals surface area contributed by atoms with Crippen molar-refractivity contribution < 1.29 is 9.47 Å². The molecule has 1 unspecified atom stereocenters. The Morgan fingerprint density at radius 3 is 2.62 bits per heavy atom. The van der Waals surface area contributed by atoms with Crippen LogP contribution in [0.2, 0.25) is 5.02 Å². The maximum absolute atomic E-state index is 6.34. The van der Waals surface area contributed by atoms with Gasteiger partial charge in [0.1, 0.15) is 17.6 Å². The molecule has 0 aliphatic rings. The van der Waals surface area contributed by atoms with Crippen LogP contribution in [0.25, 0.3) is 0 Å². The lowest BCUT2D eigenvalue weighted by molar-refractivity contribution is 0.170. The summed E-state index contributed by atoms with van der Waals surface area (Å²) in [4.78, 5) is 4.12. The second kappa shape index (κ2) is 8.77. The second-order valence-electron chi connectivity index (χ2n) is 6.32. The minimum Gasteiger partial charge on any atom is -0.497 e. The predicted molar refractivity (Wildman–Crippen MR) is 104 cm³/mol. The molecule has 3 rings (SSSR count). The summed E-state index contributed by atoms with van der Waals surface area (Å²) in [6.45, 7) is 2.81. The smallest absolute Gasteiger partial charge is 0.138 e. The van der Waals surface area contributed by atoms with E-state index in [4.69, 9.17) is 21.1 Å². The molecule has 136 valence electrons. The van der Waals surface area contributed by atoms with Crippen molar-refractivity contribution in [3.8, 4) is 11.5 Å². The number of ether oxygens (including phenoxy) is 2. The van der Waals surface area contributed by atoms with Crippen LogP contribution in [0.3, 0.4) is 0 Å². The van der Waals surface area contributed by atoms with E-state index in [1.807, 2.05) is 22.9 Å². The number of rotatable bonds is 8. The third kappa shape index (κ3) is 5.02. The molecule has 0 fully saturated rings. The predicted octanol–water partition coefficient (Wildman–Crippen LogP) is 4.93. The van der Waals surface area contributed by atoms with Crippen LogP contribution in [-0.4, -0.2) is 22.8 Å². The lowest BCUT2D eigenvalue weighted by Gasteiger charge is -2.21. The van der Waals surface area contributed by atoms with Crippen molar-refractivity contribution in [3.05, 3.63) is 77.3 Å². The summed E-state index contributed by atoms with van der Waals surface area (Å²) in [5, 5.41) is 0.551. The number of methoxy groups -OCH3 is 1. The normalized spacial score (nSPS) is 12.0. The first kappa shape index (κ1) is 18.3. The van der Waals surface area contributed by atoms with Gasteiger partial charge in [-0.25, -0.2) is 4.98 Å². The van der Waals surface area contributed by atoms with Gasteiger partial charge in [0.25, 0.3) is 0 Å². The van der Waals surface area contributed by atoms with E-state index in [0.29, 0.717) is 23.1 Å². The monoisotopic (exact) mass is 370 g/mol. The molecule has 0 bridgehead atoms. The van der Waals surface area contributed by atoms with E-state index >= 15 is 0 Å². The van der Waals surface area contributed by atoms with E-state index in [2.05, 4.69) is 36.2 Å². The van der Waals surface area contributed by atoms with Crippen LogP contribution in [0.5, 0.6) is 11.5 Å². The molecule has 0 saturated carbocycles. The van der Waals surface area contributed by atoms with E-state index in [0.717, 1.165) is 12.8 Å². The SMILES string of the molecule is COc1ccc(OC(CCc2ccc(C)cc2)Cn2ccnc2)c(Cl)c1. The summed E-state index contributed by atoms with van der Waals surface area (Å²) in [5.41, 5.74) is 2.57. The zero-order valence-corrected chi connectivity index (χ0v) is 15.8. The molecule has 0 radical (unpaired) electrons. The highest BCUT2D eigenvalue weighted by atomic mass is 35.5. The van der Waals surface area contributed by atoms with Crippen LogP contribution < -0.4 is 9.47 Å². The molecule has 1 heterocycles. The molecular weight excluding hydrogens is 348 g/mol. The number of benzene rings is 2. The fraction of sp³-hybridized carbons (Fsp3) is 0.286. The Kier molecular flexibility index (Phi) is 6.18. The van der Waals surface area contributed by atoms with E-state index in [1.165, 1.54) is 11.1 Å². The quantitative estimate of drug-likeness (QED) is 0.563. The summed E-state index contributed by atoms with van der Waals surface area (Å²) in [5.74, 6) is 1.38. The average molecular weight is 371 g/mol. The third-order valence-electron chi connectivity index (χ3n) is 4.28. The molecule has 0 spiro atoms. The standard InChI is InChI=1S/C21H23ClN2O2/c1-16-3-5-17(6-4-16)7-8-19(14-24-12-11-23-15-24)26-21-10-9-18(25-2)13-20(21)22/h3-6,9-13,15,19H,7-8,14H2,1-2H3. The van der Waals surface area contributed by atoms with E-state index in [1.54, 1.807) is 25.7 Å². The van der Waals surface area contributed by atoms with Gasteiger partial charge in [-0.05, 0) is 37.5 Å². The molecule has 26 heavy (non-hydrogen) atoms. The lowest BCUT2D eigenvalue weighted by atomic mass is 10.1. The fourth-order valence-electron chi connectivity index (χ4n) is 2.78. The Balaban J connectivity index is 1.71. The highest BCUT2D eigenvalue weighted by Gasteiger charge is 2.14. The van der Waals surface area contributed by atoms with Gasteiger partial charge in [-0.15, -0.1) is 0 Å². The molecule has 1 atom stereocenters. The number of halogens is 1. The maximum atomic E-state index is 6.34. The van der Waals surface area contributed by atoms with Crippen LogP contribution in [0, 0.1) is 6.92 Å². The first-order valence-electron chi connectivity index (χ1n) is 8.65. The minimum atomic E-state index is -0.0172. The van der Waals surface area contributed by atoms with Crippen LogP contribution >= 0.6 is 11.6 Å². The van der Waals surface area contributed by atoms with Gasteiger partial charge in [0.2, 0.25) is 0 Å². The van der Waals surface area contributed by atoms with Gasteiger partial charge < -0.3 is 14.0 Å². The first-order chi connectivity index (χ1) is 12.6. The lowest BCUT2D eigenvalue weighted by Crippen LogP contribution is -2.23. The molecule has 0 amide bonds. The summed E-state index contributed by atoms with van der Waals surface area (Å²) in [7, 11) is 1.62. The minimum absolute atomic E-state index is 0.0172. The Morgan fingerprint density at radius 2 is 1.96 bits per heavy atom. The Bertz CT molecular complexity index is 817. The maximum Gasteiger partial charge on any atom is 0.138 e. The Morgan fingerprint density at radius 1 is 1.15 bits per heavy atom. The van der Waals surface area contributed by atoms with Crippen molar-refractivity contribution in [3.63, 3.8) is 0 Å². The second-order valence-corrected chi connectivity index (χ2v) is 6.73. The zero-order valence-electron chi connectivity index (χ0n) is 15.1. The van der Waals surface area contributed by atoms with Crippen molar-refractivity contribution in [2.75, 3.05) is 7.11 Å². The van der Waals surface area contributed by atoms with Gasteiger partial charge in [-0.1, -0.05) is 41.4 Å². The van der Waals surface area contributed by atoms with Crippen LogP contribution in [0.1, 0.15) is 17.5 Å². The highest BCUT2D eigenvalue weighted by Crippen LogP contribution is 2.30. The summed E-state index contributed by atoms with van der Waals surface area (Å²) < 4.78 is 13.5. The largest absolute Gasteiger partial charge is 0.497 e. The zero-order chi connectivity index (χ0) is 18.4. The average Bonchev–Trinajstić information content (AvgIpc) is 3.15. The number of nitrogens with zero attached hydrogens (tertiary/aromatic N) is 2. The van der Waals surface area contributed by atoms with Gasteiger partial charge in [0.05, 0.1) is 25.0 Å². The molecule has 0 N–H and O–H groups in total. The number of imidazole rings is 1. The van der Waals surface area contributed by atoms with Crippen molar-refractivity contribution in [1.82, 2.24) is 9.55 Å².